The van der Waals surface area contributed by atoms with Crippen LogP contribution in [-0.4, -0.2) is 65.5 Å². The minimum absolute atomic E-state index is 0.126. The van der Waals surface area contributed by atoms with Gasteiger partial charge in [0.05, 0.1) is 17.2 Å². The average Bonchev–Trinajstić information content (AvgIpc) is 3.21. The van der Waals surface area contributed by atoms with Gasteiger partial charge in [0.2, 0.25) is 5.91 Å². The third kappa shape index (κ3) is 4.81. The summed E-state index contributed by atoms with van der Waals surface area (Å²) in [5, 5.41) is 3.35. The van der Waals surface area contributed by atoms with Gasteiger partial charge >= 0.3 is 0 Å². The number of rotatable bonds is 5. The summed E-state index contributed by atoms with van der Waals surface area (Å²) < 4.78 is 6.21. The molecule has 2 aromatic carbocycles. The highest BCUT2D eigenvalue weighted by atomic mass is 35.5. The zero-order valence-corrected chi connectivity index (χ0v) is 20.3. The first-order valence-electron chi connectivity index (χ1n) is 11.7. The number of ether oxygens (including phenoxy) is 1. The maximum absolute atomic E-state index is 13.6. The number of piperidine rings is 1. The van der Waals surface area contributed by atoms with E-state index in [1.807, 2.05) is 19.9 Å². The van der Waals surface area contributed by atoms with Crippen molar-refractivity contribution >= 4 is 29.3 Å². The van der Waals surface area contributed by atoms with Crippen molar-refractivity contribution in [3.8, 4) is 0 Å². The molecule has 7 nitrogen and oxygen atoms in total. The molecule has 4 rings (SSSR count). The topological polar surface area (TPSA) is 79.0 Å². The summed E-state index contributed by atoms with van der Waals surface area (Å²) in [4.78, 5) is 43.0. The Morgan fingerprint density at radius 1 is 1.03 bits per heavy atom. The number of nitrogens with zero attached hydrogens (tertiary/aromatic N) is 2. The molecule has 8 heteroatoms. The number of amides is 3. The molecular formula is C26H30ClN3O4. The second kappa shape index (κ2) is 10.2. The van der Waals surface area contributed by atoms with Crippen LogP contribution in [0.25, 0.3) is 0 Å². The predicted molar refractivity (Wildman–Crippen MR) is 130 cm³/mol. The number of carbonyl (C=O) groups is 3. The molecule has 1 atom stereocenters. The summed E-state index contributed by atoms with van der Waals surface area (Å²) in [6.45, 7) is 5.47. The summed E-state index contributed by atoms with van der Waals surface area (Å²) in [6, 6.07) is 15.2. The molecule has 0 aliphatic carbocycles. The van der Waals surface area contributed by atoms with E-state index in [4.69, 9.17) is 16.3 Å². The van der Waals surface area contributed by atoms with E-state index in [1.54, 1.807) is 58.3 Å². The van der Waals surface area contributed by atoms with E-state index < -0.39 is 11.8 Å². The third-order valence-electron chi connectivity index (χ3n) is 6.42. The Hall–Kier alpha value is -2.90. The smallest absolute Gasteiger partial charge is 0.256 e. The van der Waals surface area contributed by atoms with E-state index in [-0.39, 0.29) is 30.2 Å². The zero-order valence-electron chi connectivity index (χ0n) is 19.5. The van der Waals surface area contributed by atoms with Gasteiger partial charge in [-0.25, -0.2) is 0 Å². The molecule has 2 heterocycles. The molecule has 2 saturated heterocycles. The van der Waals surface area contributed by atoms with Crippen molar-refractivity contribution in [3.63, 3.8) is 0 Å². The van der Waals surface area contributed by atoms with E-state index in [2.05, 4.69) is 5.32 Å². The quantitative estimate of drug-likeness (QED) is 0.705. The maximum Gasteiger partial charge on any atom is 0.256 e. The van der Waals surface area contributed by atoms with Gasteiger partial charge in [-0.1, -0.05) is 55.8 Å². The van der Waals surface area contributed by atoms with Crippen molar-refractivity contribution in [2.75, 3.05) is 26.2 Å². The molecule has 0 aromatic heterocycles. The number of carbonyl (C=O) groups excluding carboxylic acids is 3. The van der Waals surface area contributed by atoms with Gasteiger partial charge in [0.15, 0.2) is 0 Å². The molecule has 0 saturated carbocycles. The van der Waals surface area contributed by atoms with Gasteiger partial charge in [0.1, 0.15) is 11.8 Å². The largest absolute Gasteiger partial charge is 0.354 e. The van der Waals surface area contributed by atoms with Crippen LogP contribution in [0.4, 0.5) is 0 Å². The van der Waals surface area contributed by atoms with E-state index in [0.29, 0.717) is 48.6 Å². The standard InChI is InChI=1S/C26H30ClN3O4/c1-18(2)16-28-23(31)22-17-34-26(30(22)24(32)19-8-4-3-5-9-19)12-14-29(15-13-26)25(33)20-10-6-7-11-21(20)27/h3-11,18,22H,12-17H2,1-2H3,(H,28,31). The summed E-state index contributed by atoms with van der Waals surface area (Å²) in [6.07, 6.45) is 0.825. The zero-order chi connectivity index (χ0) is 24.3. The van der Waals surface area contributed by atoms with Crippen molar-refractivity contribution in [1.82, 2.24) is 15.1 Å². The van der Waals surface area contributed by atoms with Gasteiger partial charge in [-0.3, -0.25) is 19.3 Å². The van der Waals surface area contributed by atoms with Crippen molar-refractivity contribution in [2.45, 2.75) is 38.5 Å². The minimum atomic E-state index is -0.940. The van der Waals surface area contributed by atoms with Crippen LogP contribution >= 0.6 is 11.6 Å². The van der Waals surface area contributed by atoms with Crippen LogP contribution in [0.15, 0.2) is 54.6 Å². The number of hydrogen-bond acceptors (Lipinski definition) is 4. The second-order valence-electron chi connectivity index (χ2n) is 9.23. The normalized spacial score (nSPS) is 19.5. The molecule has 3 amide bonds. The van der Waals surface area contributed by atoms with Crippen LogP contribution in [0, 0.1) is 5.92 Å². The van der Waals surface area contributed by atoms with E-state index >= 15 is 0 Å². The van der Waals surface area contributed by atoms with Crippen LogP contribution in [0.5, 0.6) is 0 Å². The number of likely N-dealkylation sites (tertiary alicyclic amines) is 1. The van der Waals surface area contributed by atoms with Crippen LogP contribution in [-0.2, 0) is 9.53 Å². The first-order valence-corrected chi connectivity index (χ1v) is 12.0. The molecule has 2 fully saturated rings. The molecular weight excluding hydrogens is 454 g/mol. The molecule has 0 bridgehead atoms. The molecule has 34 heavy (non-hydrogen) atoms. The van der Waals surface area contributed by atoms with Gasteiger partial charge in [-0.2, -0.15) is 0 Å². The van der Waals surface area contributed by atoms with Crippen molar-refractivity contribution in [3.05, 3.63) is 70.7 Å². The fourth-order valence-corrected chi connectivity index (χ4v) is 4.79. The third-order valence-corrected chi connectivity index (χ3v) is 6.75. The number of hydrogen-bond donors (Lipinski definition) is 1. The van der Waals surface area contributed by atoms with Gasteiger partial charge in [0, 0.05) is 38.0 Å². The Bertz CT molecular complexity index is 1050. The number of nitrogens with one attached hydrogen (secondary N) is 1. The Balaban J connectivity index is 1.56. The molecule has 1 spiro atoms. The lowest BCUT2D eigenvalue weighted by Crippen LogP contribution is -2.60. The fraction of sp³-hybridized carbons (Fsp3) is 0.423. The van der Waals surface area contributed by atoms with Crippen molar-refractivity contribution in [2.24, 2.45) is 5.92 Å². The summed E-state index contributed by atoms with van der Waals surface area (Å²) in [5.41, 5.74) is 0.0172. The predicted octanol–water partition coefficient (Wildman–Crippen LogP) is 3.59. The lowest BCUT2D eigenvalue weighted by Gasteiger charge is -2.44. The highest BCUT2D eigenvalue weighted by molar-refractivity contribution is 6.33. The van der Waals surface area contributed by atoms with Crippen molar-refractivity contribution < 1.29 is 19.1 Å². The monoisotopic (exact) mass is 483 g/mol. The Morgan fingerprint density at radius 3 is 2.32 bits per heavy atom. The first kappa shape index (κ1) is 24.2. The molecule has 1 N–H and O–H groups in total. The lowest BCUT2D eigenvalue weighted by atomic mass is 9.96. The molecule has 0 radical (unpaired) electrons. The molecule has 2 aliphatic heterocycles. The SMILES string of the molecule is CC(C)CNC(=O)C1COC2(CCN(C(=O)c3ccccc3Cl)CC2)N1C(=O)c1ccccc1. The van der Waals surface area contributed by atoms with Crippen molar-refractivity contribution in [1.29, 1.82) is 0 Å². The van der Waals surface area contributed by atoms with Gasteiger partial charge < -0.3 is 15.0 Å². The Morgan fingerprint density at radius 2 is 1.68 bits per heavy atom. The minimum Gasteiger partial charge on any atom is -0.354 e. The van der Waals surface area contributed by atoms with Crippen LogP contribution in [0.2, 0.25) is 5.02 Å². The van der Waals surface area contributed by atoms with Crippen LogP contribution in [0.1, 0.15) is 47.4 Å². The van der Waals surface area contributed by atoms with Gasteiger partial charge in [-0.05, 0) is 30.2 Å². The molecule has 2 aliphatic rings. The summed E-state index contributed by atoms with van der Waals surface area (Å²) in [5.74, 6) is -0.318. The molecule has 180 valence electrons. The molecule has 2 aromatic rings. The first-order chi connectivity index (χ1) is 16.3. The van der Waals surface area contributed by atoms with E-state index in [0.717, 1.165) is 0 Å². The Kier molecular flexibility index (Phi) is 7.24. The van der Waals surface area contributed by atoms with E-state index in [9.17, 15) is 14.4 Å². The summed E-state index contributed by atoms with van der Waals surface area (Å²) >= 11 is 6.23. The molecule has 1 unspecified atom stereocenters. The maximum atomic E-state index is 13.6. The van der Waals surface area contributed by atoms with Crippen LogP contribution in [0.3, 0.4) is 0 Å². The summed E-state index contributed by atoms with van der Waals surface area (Å²) in [7, 11) is 0. The Labute approximate surface area is 205 Å². The number of halogens is 1. The van der Waals surface area contributed by atoms with Gasteiger partial charge in [-0.15, -0.1) is 0 Å². The fourth-order valence-electron chi connectivity index (χ4n) is 4.57. The van der Waals surface area contributed by atoms with Crippen LogP contribution < -0.4 is 5.32 Å². The highest BCUT2D eigenvalue weighted by Gasteiger charge is 2.54. The number of benzene rings is 2. The van der Waals surface area contributed by atoms with E-state index in [1.165, 1.54) is 0 Å². The van der Waals surface area contributed by atoms with Gasteiger partial charge in [0.25, 0.3) is 11.8 Å². The average molecular weight is 484 g/mol. The second-order valence-corrected chi connectivity index (χ2v) is 9.63. The lowest BCUT2D eigenvalue weighted by molar-refractivity contribution is -0.128. The highest BCUT2D eigenvalue weighted by Crippen LogP contribution is 2.39.